The largest absolute Gasteiger partial charge is 0.358 e. The van der Waals surface area contributed by atoms with Crippen LogP contribution in [0.15, 0.2) is 6.20 Å². The van der Waals surface area contributed by atoms with Crippen LogP contribution in [0.3, 0.4) is 0 Å². The van der Waals surface area contributed by atoms with Gasteiger partial charge in [-0.25, -0.2) is 4.57 Å². The number of nitro groups is 1. The van der Waals surface area contributed by atoms with Gasteiger partial charge in [0.2, 0.25) is 0 Å². The van der Waals surface area contributed by atoms with Gasteiger partial charge in [-0.1, -0.05) is 0 Å². The molecule has 0 spiro atoms. The Morgan fingerprint density at radius 1 is 1.64 bits per heavy atom. The van der Waals surface area contributed by atoms with Gasteiger partial charge in [0.1, 0.15) is 6.20 Å². The highest BCUT2D eigenvalue weighted by atomic mass is 32.1. The summed E-state index contributed by atoms with van der Waals surface area (Å²) in [6.07, 6.45) is 1.39. The van der Waals surface area contributed by atoms with Gasteiger partial charge in [-0.05, 0) is 17.1 Å². The van der Waals surface area contributed by atoms with Crippen molar-refractivity contribution >= 4 is 18.0 Å². The van der Waals surface area contributed by atoms with Crippen LogP contribution in [0.4, 0.5) is 5.82 Å². The van der Waals surface area contributed by atoms with Crippen molar-refractivity contribution in [2.45, 2.75) is 0 Å². The highest BCUT2D eigenvalue weighted by Crippen LogP contribution is 2.10. The fourth-order valence-electron chi connectivity index (χ4n) is 0.819. The molecule has 1 rings (SSSR count). The molecule has 0 N–H and O–H groups in total. The smallest absolute Gasteiger partial charge is 0.341 e. The number of imidazole rings is 1. The van der Waals surface area contributed by atoms with E-state index in [2.05, 4.69) is 0 Å². The van der Waals surface area contributed by atoms with Crippen molar-refractivity contribution in [3.8, 4) is 0 Å². The molecule has 0 atom stereocenters. The second-order valence-electron chi connectivity index (χ2n) is 2.20. The molecule has 0 aliphatic rings. The van der Waals surface area contributed by atoms with Crippen LogP contribution in [0.5, 0.6) is 0 Å². The molecule has 0 unspecified atom stereocenters. The topological polar surface area (TPSA) is 53.0 Å². The average molecular weight is 173 g/mol. The summed E-state index contributed by atoms with van der Waals surface area (Å²) in [5.41, 5.74) is 0. The van der Waals surface area contributed by atoms with Crippen LogP contribution in [0, 0.1) is 14.9 Å². The summed E-state index contributed by atoms with van der Waals surface area (Å²) in [5.74, 6) is 0.0116. The molecule has 0 fully saturated rings. The second kappa shape index (κ2) is 2.46. The first kappa shape index (κ1) is 7.93. The zero-order chi connectivity index (χ0) is 8.59. The maximum Gasteiger partial charge on any atom is 0.341 e. The standard InChI is InChI=1S/C5H7N3O2S/c1-6-3-4(8(9)10)7(2)5(6)11/h3H,1-2H3. The van der Waals surface area contributed by atoms with Gasteiger partial charge < -0.3 is 14.7 Å². The zero-order valence-corrected chi connectivity index (χ0v) is 6.96. The molecule has 60 valence electrons. The van der Waals surface area contributed by atoms with Crippen molar-refractivity contribution in [2.24, 2.45) is 14.1 Å². The number of rotatable bonds is 1. The van der Waals surface area contributed by atoms with Gasteiger partial charge in [-0.2, -0.15) is 0 Å². The first-order valence-electron chi connectivity index (χ1n) is 2.91. The van der Waals surface area contributed by atoms with E-state index in [0.717, 1.165) is 0 Å². The average Bonchev–Trinajstić information content (AvgIpc) is 2.17. The van der Waals surface area contributed by atoms with Gasteiger partial charge in [0.25, 0.3) is 4.77 Å². The van der Waals surface area contributed by atoms with Crippen LogP contribution >= 0.6 is 12.2 Å². The van der Waals surface area contributed by atoms with Crippen molar-refractivity contribution in [2.75, 3.05) is 0 Å². The monoisotopic (exact) mass is 173 g/mol. The Morgan fingerprint density at radius 2 is 2.18 bits per heavy atom. The maximum atomic E-state index is 10.3. The lowest BCUT2D eigenvalue weighted by atomic mass is 10.7. The molecule has 0 radical (unpaired) electrons. The number of hydrogen-bond acceptors (Lipinski definition) is 3. The molecule has 1 aromatic heterocycles. The Kier molecular flexibility index (Phi) is 1.77. The first-order valence-corrected chi connectivity index (χ1v) is 3.31. The molecule has 1 aromatic rings. The quantitative estimate of drug-likeness (QED) is 0.361. The van der Waals surface area contributed by atoms with E-state index in [1.807, 2.05) is 0 Å². The van der Waals surface area contributed by atoms with Crippen LogP contribution in [-0.4, -0.2) is 14.1 Å². The number of aromatic nitrogens is 2. The molecule has 0 aliphatic heterocycles. The van der Waals surface area contributed by atoms with Gasteiger partial charge >= 0.3 is 5.82 Å². The minimum absolute atomic E-state index is 0.0116. The summed E-state index contributed by atoms with van der Waals surface area (Å²) in [6.45, 7) is 0. The van der Waals surface area contributed by atoms with Crippen molar-refractivity contribution < 1.29 is 4.92 Å². The van der Waals surface area contributed by atoms with E-state index in [9.17, 15) is 10.1 Å². The van der Waals surface area contributed by atoms with Crippen molar-refractivity contribution in [1.82, 2.24) is 9.13 Å². The molecule has 0 saturated carbocycles. The van der Waals surface area contributed by atoms with E-state index < -0.39 is 4.92 Å². The molecule has 0 saturated heterocycles. The van der Waals surface area contributed by atoms with Gasteiger partial charge in [-0.3, -0.25) is 0 Å². The van der Waals surface area contributed by atoms with Crippen molar-refractivity contribution in [1.29, 1.82) is 0 Å². The van der Waals surface area contributed by atoms with E-state index in [4.69, 9.17) is 12.2 Å². The van der Waals surface area contributed by atoms with Crippen molar-refractivity contribution in [3.63, 3.8) is 0 Å². The van der Waals surface area contributed by atoms with Gasteiger partial charge in [0, 0.05) is 7.05 Å². The van der Waals surface area contributed by atoms with Crippen LogP contribution < -0.4 is 0 Å². The minimum atomic E-state index is -0.463. The Morgan fingerprint density at radius 3 is 2.36 bits per heavy atom. The number of hydrogen-bond donors (Lipinski definition) is 0. The summed E-state index contributed by atoms with van der Waals surface area (Å²) in [5, 5.41) is 10.3. The Hall–Kier alpha value is -1.17. The van der Waals surface area contributed by atoms with Crippen molar-refractivity contribution in [3.05, 3.63) is 21.1 Å². The predicted molar refractivity (Wildman–Crippen MR) is 41.9 cm³/mol. The Bertz CT molecular complexity index is 351. The zero-order valence-electron chi connectivity index (χ0n) is 6.14. The fraction of sp³-hybridized carbons (Fsp3) is 0.400. The Balaban J connectivity index is 3.42. The summed E-state index contributed by atoms with van der Waals surface area (Å²) in [4.78, 5) is 9.85. The minimum Gasteiger partial charge on any atom is -0.358 e. The summed E-state index contributed by atoms with van der Waals surface area (Å²) in [6, 6.07) is 0. The van der Waals surface area contributed by atoms with E-state index >= 15 is 0 Å². The number of nitrogens with zero attached hydrogens (tertiary/aromatic N) is 3. The summed E-state index contributed by atoms with van der Waals surface area (Å²) < 4.78 is 3.33. The molecule has 11 heavy (non-hydrogen) atoms. The molecular formula is C5H7N3O2S. The third-order valence-corrected chi connectivity index (χ3v) is 1.99. The van der Waals surface area contributed by atoms with Crippen LogP contribution in [0.2, 0.25) is 0 Å². The second-order valence-corrected chi connectivity index (χ2v) is 2.56. The van der Waals surface area contributed by atoms with E-state index in [1.54, 1.807) is 14.1 Å². The highest BCUT2D eigenvalue weighted by Gasteiger charge is 2.12. The van der Waals surface area contributed by atoms with Crippen LogP contribution in [0.1, 0.15) is 0 Å². The van der Waals surface area contributed by atoms with E-state index in [1.165, 1.54) is 15.3 Å². The lowest BCUT2D eigenvalue weighted by Crippen LogP contribution is -1.96. The van der Waals surface area contributed by atoms with Crippen LogP contribution in [0.25, 0.3) is 0 Å². The fourth-order valence-corrected chi connectivity index (χ4v) is 0.965. The van der Waals surface area contributed by atoms with Gasteiger partial charge in [0.15, 0.2) is 0 Å². The van der Waals surface area contributed by atoms with E-state index in [-0.39, 0.29) is 5.82 Å². The highest BCUT2D eigenvalue weighted by molar-refractivity contribution is 7.71. The first-order chi connectivity index (χ1) is 5.04. The SMILES string of the molecule is Cn1cc([N+](=O)[O-])n(C)c1=S. The Labute approximate surface area is 68.0 Å². The summed E-state index contributed by atoms with van der Waals surface area (Å²) in [7, 11) is 3.25. The molecule has 0 amide bonds. The molecule has 5 nitrogen and oxygen atoms in total. The summed E-state index contributed by atoms with van der Waals surface area (Å²) >= 11 is 4.86. The predicted octanol–water partition coefficient (Wildman–Crippen LogP) is 1.00. The molecule has 0 bridgehead atoms. The third-order valence-electron chi connectivity index (χ3n) is 1.43. The molecule has 6 heteroatoms. The number of aryl methyl sites for hydroxylation is 1. The van der Waals surface area contributed by atoms with Crippen LogP contribution in [-0.2, 0) is 14.1 Å². The third kappa shape index (κ3) is 1.16. The lowest BCUT2D eigenvalue weighted by molar-refractivity contribution is -0.391. The lowest BCUT2D eigenvalue weighted by Gasteiger charge is -1.90. The maximum absolute atomic E-state index is 10.3. The van der Waals surface area contributed by atoms with Gasteiger partial charge in [-0.15, -0.1) is 0 Å². The normalized spacial score (nSPS) is 10.0. The van der Waals surface area contributed by atoms with Gasteiger partial charge in [0.05, 0.1) is 7.05 Å². The van der Waals surface area contributed by atoms with E-state index in [0.29, 0.717) is 4.77 Å². The molecule has 0 aromatic carbocycles. The molecule has 1 heterocycles. The molecule has 0 aliphatic carbocycles. The molecular weight excluding hydrogens is 166 g/mol.